The first-order valence-corrected chi connectivity index (χ1v) is 20.2. The Hall–Kier alpha value is -8.15. The minimum absolute atomic E-state index is 0.604. The number of oxazole rings is 1. The second-order valence-corrected chi connectivity index (χ2v) is 15.2. The Kier molecular flexibility index (Phi) is 7.78. The van der Waals surface area contributed by atoms with Crippen LogP contribution in [-0.2, 0) is 0 Å². The Bertz CT molecular complexity index is 3510. The van der Waals surface area contributed by atoms with Gasteiger partial charge in [0.2, 0.25) is 5.89 Å². The normalized spacial score (nSPS) is 11.7. The highest BCUT2D eigenvalue weighted by Crippen LogP contribution is 2.42. The predicted octanol–water partition coefficient (Wildman–Crippen LogP) is 15.3. The average Bonchev–Trinajstić information content (AvgIpc) is 4.00. The number of aromatic nitrogens is 2. The topological polar surface area (TPSA) is 47.3 Å². The molecule has 282 valence electrons. The van der Waals surface area contributed by atoms with Crippen LogP contribution in [0.3, 0.4) is 0 Å². The molecule has 0 bridgehead atoms. The number of rotatable bonds is 7. The van der Waals surface area contributed by atoms with Crippen molar-refractivity contribution in [3.8, 4) is 39.4 Å². The van der Waals surface area contributed by atoms with Crippen LogP contribution in [0.15, 0.2) is 221 Å². The molecular formula is C55H35N3O2. The molecule has 3 aromatic heterocycles. The van der Waals surface area contributed by atoms with Gasteiger partial charge in [0.15, 0.2) is 5.58 Å². The van der Waals surface area contributed by atoms with Gasteiger partial charge < -0.3 is 18.3 Å². The zero-order chi connectivity index (χ0) is 39.6. The summed E-state index contributed by atoms with van der Waals surface area (Å²) in [6.45, 7) is 0. The predicted molar refractivity (Wildman–Crippen MR) is 247 cm³/mol. The molecule has 0 aliphatic heterocycles. The number of hydrogen-bond donors (Lipinski definition) is 0. The van der Waals surface area contributed by atoms with Gasteiger partial charge in [-0.25, -0.2) is 4.98 Å². The molecule has 12 aromatic rings. The summed E-state index contributed by atoms with van der Waals surface area (Å²) in [6.07, 6.45) is 0. The highest BCUT2D eigenvalue weighted by molar-refractivity contribution is 6.11. The van der Waals surface area contributed by atoms with Crippen LogP contribution in [0.4, 0.5) is 17.1 Å². The number of furan rings is 1. The first-order chi connectivity index (χ1) is 29.7. The largest absolute Gasteiger partial charge is 0.456 e. The van der Waals surface area contributed by atoms with Gasteiger partial charge in [-0.2, -0.15) is 0 Å². The molecule has 0 saturated heterocycles. The highest BCUT2D eigenvalue weighted by atomic mass is 16.4. The standard InChI is InChI=1S/C55H35N3O2/c1-4-12-36(13-5-1)37-20-25-42(26-21-37)57(44-29-31-46-45-18-10-11-19-50(45)58(51(46)33-44)41-16-8-3-9-17-41)43-27-22-38(23-28-43)40-24-30-47-48-34-54-49(35-53(48)59-52(47)32-40)56-55(60-54)39-14-6-2-7-15-39/h1-35H. The maximum absolute atomic E-state index is 6.46. The van der Waals surface area contributed by atoms with Crippen LogP contribution >= 0.6 is 0 Å². The first-order valence-electron chi connectivity index (χ1n) is 20.2. The summed E-state index contributed by atoms with van der Waals surface area (Å²) in [5.74, 6) is 0.604. The molecule has 0 aliphatic rings. The van der Waals surface area contributed by atoms with Gasteiger partial charge in [0.1, 0.15) is 16.7 Å². The van der Waals surface area contributed by atoms with Crippen LogP contribution in [0.2, 0.25) is 0 Å². The van der Waals surface area contributed by atoms with Crippen molar-refractivity contribution in [1.82, 2.24) is 9.55 Å². The Labute approximate surface area is 345 Å². The number of nitrogens with zero attached hydrogens (tertiary/aromatic N) is 3. The quantitative estimate of drug-likeness (QED) is 0.162. The van der Waals surface area contributed by atoms with Gasteiger partial charge in [0.25, 0.3) is 0 Å². The molecule has 60 heavy (non-hydrogen) atoms. The molecule has 3 heterocycles. The van der Waals surface area contributed by atoms with Gasteiger partial charge in [0, 0.05) is 55.9 Å². The lowest BCUT2D eigenvalue weighted by Crippen LogP contribution is -2.10. The third-order valence-electron chi connectivity index (χ3n) is 11.6. The van der Waals surface area contributed by atoms with E-state index in [0.717, 1.165) is 78.0 Å². The fourth-order valence-corrected chi connectivity index (χ4v) is 8.72. The zero-order valence-electron chi connectivity index (χ0n) is 32.4. The lowest BCUT2D eigenvalue weighted by Gasteiger charge is -2.26. The summed E-state index contributed by atoms with van der Waals surface area (Å²) >= 11 is 0. The molecule has 0 spiro atoms. The van der Waals surface area contributed by atoms with E-state index in [2.05, 4.69) is 179 Å². The zero-order valence-corrected chi connectivity index (χ0v) is 32.4. The minimum atomic E-state index is 0.604. The van der Waals surface area contributed by atoms with Crippen molar-refractivity contribution in [2.75, 3.05) is 4.90 Å². The van der Waals surface area contributed by atoms with Crippen LogP contribution in [0, 0.1) is 0 Å². The summed E-state index contributed by atoms with van der Waals surface area (Å²) in [5, 5.41) is 4.50. The third kappa shape index (κ3) is 5.67. The molecular weight excluding hydrogens is 735 g/mol. The van der Waals surface area contributed by atoms with E-state index >= 15 is 0 Å². The average molecular weight is 770 g/mol. The first kappa shape index (κ1) is 33.9. The van der Waals surface area contributed by atoms with Gasteiger partial charge in [-0.15, -0.1) is 0 Å². The number of hydrogen-bond acceptors (Lipinski definition) is 4. The molecule has 5 heteroatoms. The Morgan fingerprint density at radius 2 is 0.900 bits per heavy atom. The van der Waals surface area contributed by atoms with Crippen molar-refractivity contribution < 1.29 is 8.83 Å². The van der Waals surface area contributed by atoms with E-state index in [0.29, 0.717) is 5.89 Å². The summed E-state index contributed by atoms with van der Waals surface area (Å²) in [4.78, 5) is 7.11. The van der Waals surface area contributed by atoms with Gasteiger partial charge in [-0.3, -0.25) is 0 Å². The van der Waals surface area contributed by atoms with Crippen molar-refractivity contribution in [2.24, 2.45) is 0 Å². The molecule has 0 unspecified atom stereocenters. The van der Waals surface area contributed by atoms with Gasteiger partial charge in [-0.1, -0.05) is 121 Å². The lowest BCUT2D eigenvalue weighted by atomic mass is 10.0. The van der Waals surface area contributed by atoms with E-state index in [9.17, 15) is 0 Å². The van der Waals surface area contributed by atoms with E-state index in [1.807, 2.05) is 42.5 Å². The molecule has 12 rings (SSSR count). The van der Waals surface area contributed by atoms with Crippen molar-refractivity contribution in [3.05, 3.63) is 212 Å². The molecule has 0 atom stereocenters. The lowest BCUT2D eigenvalue weighted by molar-refractivity contribution is 0.620. The Morgan fingerprint density at radius 1 is 0.350 bits per heavy atom. The molecule has 0 radical (unpaired) electrons. The van der Waals surface area contributed by atoms with E-state index < -0.39 is 0 Å². The summed E-state index contributed by atoms with van der Waals surface area (Å²) in [7, 11) is 0. The second-order valence-electron chi connectivity index (χ2n) is 15.2. The van der Waals surface area contributed by atoms with Crippen molar-refractivity contribution in [2.45, 2.75) is 0 Å². The fraction of sp³-hybridized carbons (Fsp3) is 0. The molecule has 9 aromatic carbocycles. The van der Waals surface area contributed by atoms with Crippen molar-refractivity contribution >= 4 is 71.9 Å². The summed E-state index contributed by atoms with van der Waals surface area (Å²) in [6, 6.07) is 74.8. The number of para-hydroxylation sites is 2. The van der Waals surface area contributed by atoms with Crippen LogP contribution in [0.1, 0.15) is 0 Å². The highest BCUT2D eigenvalue weighted by Gasteiger charge is 2.19. The van der Waals surface area contributed by atoms with Gasteiger partial charge in [-0.05, 0) is 107 Å². The van der Waals surface area contributed by atoms with Crippen molar-refractivity contribution in [1.29, 1.82) is 0 Å². The third-order valence-corrected chi connectivity index (χ3v) is 11.6. The van der Waals surface area contributed by atoms with Gasteiger partial charge in [0.05, 0.1) is 11.0 Å². The Morgan fingerprint density at radius 3 is 1.63 bits per heavy atom. The molecule has 0 fully saturated rings. The number of fused-ring (bicyclic) bond motifs is 7. The minimum Gasteiger partial charge on any atom is -0.456 e. The SMILES string of the molecule is c1ccc(-c2ccc(N(c3ccc(-c4ccc5c(c4)oc4cc6nc(-c7ccccc7)oc6cc45)cc3)c3ccc4c5ccccc5n(-c5ccccc5)c4c3)cc2)cc1. The summed E-state index contributed by atoms with van der Waals surface area (Å²) in [5.41, 5.74) is 15.3. The molecule has 0 amide bonds. The number of benzene rings is 9. The van der Waals surface area contributed by atoms with E-state index in [4.69, 9.17) is 13.8 Å². The monoisotopic (exact) mass is 769 g/mol. The van der Waals surface area contributed by atoms with Crippen LogP contribution in [0.25, 0.3) is 94.2 Å². The molecule has 0 aliphatic carbocycles. The van der Waals surface area contributed by atoms with Crippen LogP contribution in [0.5, 0.6) is 0 Å². The van der Waals surface area contributed by atoms with E-state index in [1.54, 1.807) is 0 Å². The number of anilines is 3. The molecule has 0 N–H and O–H groups in total. The molecule has 0 saturated carbocycles. The van der Waals surface area contributed by atoms with Crippen LogP contribution < -0.4 is 4.90 Å². The van der Waals surface area contributed by atoms with E-state index in [1.165, 1.54) is 27.4 Å². The van der Waals surface area contributed by atoms with E-state index in [-0.39, 0.29) is 0 Å². The fourth-order valence-electron chi connectivity index (χ4n) is 8.72. The smallest absolute Gasteiger partial charge is 0.227 e. The van der Waals surface area contributed by atoms with Gasteiger partial charge >= 0.3 is 0 Å². The maximum Gasteiger partial charge on any atom is 0.227 e. The maximum atomic E-state index is 6.46. The van der Waals surface area contributed by atoms with Crippen molar-refractivity contribution in [3.63, 3.8) is 0 Å². The Balaban J connectivity index is 0.942. The van der Waals surface area contributed by atoms with Crippen LogP contribution in [-0.4, -0.2) is 9.55 Å². The molecule has 5 nitrogen and oxygen atoms in total. The summed E-state index contributed by atoms with van der Waals surface area (Å²) < 4.78 is 15.0. The second kappa shape index (κ2) is 13.8.